The van der Waals surface area contributed by atoms with Crippen molar-refractivity contribution in [2.75, 3.05) is 20.6 Å². The number of hydrogen-bond acceptors (Lipinski definition) is 3. The second kappa shape index (κ2) is 5.35. The molecule has 1 heterocycles. The Morgan fingerprint density at radius 2 is 2.20 bits per heavy atom. The van der Waals surface area contributed by atoms with Gasteiger partial charge in [0.05, 0.1) is 12.2 Å². The van der Waals surface area contributed by atoms with Crippen molar-refractivity contribution in [3.63, 3.8) is 0 Å². The predicted molar refractivity (Wildman–Crippen MR) is 56.4 cm³/mol. The first-order chi connectivity index (χ1) is 7.08. The van der Waals surface area contributed by atoms with Gasteiger partial charge in [-0.3, -0.25) is 14.7 Å². The summed E-state index contributed by atoms with van der Waals surface area (Å²) >= 11 is 0. The zero-order chi connectivity index (χ0) is 11.3. The van der Waals surface area contributed by atoms with Crippen molar-refractivity contribution < 1.29 is 4.79 Å². The van der Waals surface area contributed by atoms with Gasteiger partial charge in [0.1, 0.15) is 0 Å². The van der Waals surface area contributed by atoms with Crippen LogP contribution in [0.15, 0.2) is 10.9 Å². The molecule has 0 unspecified atom stereocenters. The first kappa shape index (κ1) is 11.5. The Hall–Kier alpha value is -1.56. The van der Waals surface area contributed by atoms with Crippen LogP contribution in [-0.4, -0.2) is 41.6 Å². The SMILES string of the molecule is CN(C)CCC(=O)NCc1cc(=O)[nH][nH]1. The summed E-state index contributed by atoms with van der Waals surface area (Å²) in [7, 11) is 3.83. The summed E-state index contributed by atoms with van der Waals surface area (Å²) in [4.78, 5) is 24.0. The zero-order valence-corrected chi connectivity index (χ0v) is 8.96. The van der Waals surface area contributed by atoms with Crippen LogP contribution < -0.4 is 10.9 Å². The fourth-order valence-corrected chi connectivity index (χ4v) is 1.07. The summed E-state index contributed by atoms with van der Waals surface area (Å²) in [6.45, 7) is 1.07. The molecule has 0 aliphatic carbocycles. The van der Waals surface area contributed by atoms with E-state index in [1.807, 2.05) is 19.0 Å². The Morgan fingerprint density at radius 1 is 1.47 bits per heavy atom. The highest BCUT2D eigenvalue weighted by Crippen LogP contribution is 1.88. The average molecular weight is 212 g/mol. The number of nitrogens with zero attached hydrogens (tertiary/aromatic N) is 1. The lowest BCUT2D eigenvalue weighted by molar-refractivity contribution is -0.121. The molecule has 6 heteroatoms. The lowest BCUT2D eigenvalue weighted by Crippen LogP contribution is -2.27. The van der Waals surface area contributed by atoms with E-state index in [-0.39, 0.29) is 11.5 Å². The number of amides is 1. The molecule has 0 spiro atoms. The number of aromatic amines is 2. The molecule has 0 saturated heterocycles. The van der Waals surface area contributed by atoms with Crippen molar-refractivity contribution in [1.82, 2.24) is 20.4 Å². The lowest BCUT2D eigenvalue weighted by Gasteiger charge is -2.08. The predicted octanol–water partition coefficient (Wildman–Crippen LogP) is -0.729. The summed E-state index contributed by atoms with van der Waals surface area (Å²) in [5, 5.41) is 7.78. The third kappa shape index (κ3) is 4.46. The van der Waals surface area contributed by atoms with E-state index in [2.05, 4.69) is 15.5 Å². The molecular formula is C9H16N4O2. The van der Waals surface area contributed by atoms with E-state index in [0.29, 0.717) is 18.7 Å². The first-order valence-corrected chi connectivity index (χ1v) is 4.76. The van der Waals surface area contributed by atoms with Gasteiger partial charge in [-0.15, -0.1) is 0 Å². The fraction of sp³-hybridized carbons (Fsp3) is 0.556. The summed E-state index contributed by atoms with van der Waals surface area (Å²) < 4.78 is 0. The molecule has 1 rings (SSSR count). The molecule has 1 aromatic heterocycles. The van der Waals surface area contributed by atoms with Gasteiger partial charge in [-0.2, -0.15) is 0 Å². The van der Waals surface area contributed by atoms with Crippen LogP contribution in [0.2, 0.25) is 0 Å². The molecule has 1 amide bonds. The van der Waals surface area contributed by atoms with Crippen molar-refractivity contribution >= 4 is 5.91 Å². The maximum absolute atomic E-state index is 11.3. The van der Waals surface area contributed by atoms with Gasteiger partial charge in [-0.25, -0.2) is 0 Å². The van der Waals surface area contributed by atoms with E-state index in [9.17, 15) is 9.59 Å². The topological polar surface area (TPSA) is 81.0 Å². The van der Waals surface area contributed by atoms with Gasteiger partial charge in [0.2, 0.25) is 5.91 Å². The Bertz CT molecular complexity index is 366. The Kier molecular flexibility index (Phi) is 4.11. The van der Waals surface area contributed by atoms with Crippen LogP contribution in [0.1, 0.15) is 12.1 Å². The van der Waals surface area contributed by atoms with E-state index in [1.165, 1.54) is 6.07 Å². The molecule has 0 fully saturated rings. The van der Waals surface area contributed by atoms with Crippen LogP contribution in [-0.2, 0) is 11.3 Å². The Balaban J connectivity index is 2.25. The largest absolute Gasteiger partial charge is 0.350 e. The van der Waals surface area contributed by atoms with Gasteiger partial charge in [0.15, 0.2) is 0 Å². The molecule has 0 atom stereocenters. The second-order valence-electron chi connectivity index (χ2n) is 3.61. The maximum Gasteiger partial charge on any atom is 0.264 e. The van der Waals surface area contributed by atoms with Crippen LogP contribution in [0.25, 0.3) is 0 Å². The number of rotatable bonds is 5. The molecule has 1 aromatic rings. The van der Waals surface area contributed by atoms with Crippen LogP contribution in [0.3, 0.4) is 0 Å². The second-order valence-corrected chi connectivity index (χ2v) is 3.61. The fourth-order valence-electron chi connectivity index (χ4n) is 1.07. The van der Waals surface area contributed by atoms with E-state index >= 15 is 0 Å². The van der Waals surface area contributed by atoms with E-state index in [1.54, 1.807) is 0 Å². The monoisotopic (exact) mass is 212 g/mol. The molecule has 0 bridgehead atoms. The van der Waals surface area contributed by atoms with Crippen LogP contribution in [0.5, 0.6) is 0 Å². The molecule has 0 radical (unpaired) electrons. The minimum Gasteiger partial charge on any atom is -0.350 e. The van der Waals surface area contributed by atoms with Crippen LogP contribution in [0, 0.1) is 0 Å². The number of carbonyl (C=O) groups excluding carboxylic acids is 1. The summed E-state index contributed by atoms with van der Waals surface area (Å²) in [6.07, 6.45) is 0.460. The Morgan fingerprint density at radius 3 is 2.73 bits per heavy atom. The molecule has 84 valence electrons. The number of carbonyl (C=O) groups is 1. The van der Waals surface area contributed by atoms with E-state index in [0.717, 1.165) is 6.54 Å². The van der Waals surface area contributed by atoms with Gasteiger partial charge in [-0.05, 0) is 14.1 Å². The van der Waals surface area contributed by atoms with Crippen molar-refractivity contribution in [2.24, 2.45) is 0 Å². The number of H-pyrrole nitrogens is 2. The summed E-state index contributed by atoms with van der Waals surface area (Å²) in [6, 6.07) is 1.42. The van der Waals surface area contributed by atoms with E-state index in [4.69, 9.17) is 0 Å². The van der Waals surface area contributed by atoms with Crippen molar-refractivity contribution in [3.8, 4) is 0 Å². The molecule has 3 N–H and O–H groups in total. The quantitative estimate of drug-likeness (QED) is 0.602. The van der Waals surface area contributed by atoms with Gasteiger partial charge < -0.3 is 15.3 Å². The van der Waals surface area contributed by atoms with Crippen molar-refractivity contribution in [1.29, 1.82) is 0 Å². The highest BCUT2D eigenvalue weighted by molar-refractivity contribution is 5.75. The van der Waals surface area contributed by atoms with Gasteiger partial charge in [-0.1, -0.05) is 0 Å². The standard InChI is InChI=1S/C9H16N4O2/c1-13(2)4-3-8(14)10-6-7-5-9(15)12-11-7/h5H,3-4,6H2,1-2H3,(H,10,14)(H2,11,12,15). The summed E-state index contributed by atoms with van der Waals surface area (Å²) in [5.41, 5.74) is 0.491. The lowest BCUT2D eigenvalue weighted by atomic mass is 10.3. The Labute approximate surface area is 87.7 Å². The minimum absolute atomic E-state index is 0.0225. The number of nitrogens with one attached hydrogen (secondary N) is 3. The first-order valence-electron chi connectivity index (χ1n) is 4.76. The van der Waals surface area contributed by atoms with Crippen molar-refractivity contribution in [3.05, 3.63) is 22.1 Å². The van der Waals surface area contributed by atoms with Crippen molar-refractivity contribution in [2.45, 2.75) is 13.0 Å². The molecule has 0 aliphatic heterocycles. The zero-order valence-electron chi connectivity index (χ0n) is 8.96. The number of aromatic nitrogens is 2. The van der Waals surface area contributed by atoms with E-state index < -0.39 is 0 Å². The summed E-state index contributed by atoms with van der Waals surface area (Å²) in [5.74, 6) is -0.0225. The van der Waals surface area contributed by atoms with Gasteiger partial charge >= 0.3 is 0 Å². The maximum atomic E-state index is 11.3. The van der Waals surface area contributed by atoms with Gasteiger partial charge in [0.25, 0.3) is 5.56 Å². The molecule has 0 saturated carbocycles. The minimum atomic E-state index is -0.187. The molecular weight excluding hydrogens is 196 g/mol. The normalized spacial score (nSPS) is 10.6. The van der Waals surface area contributed by atoms with Gasteiger partial charge in [0, 0.05) is 19.0 Å². The number of hydrogen-bond donors (Lipinski definition) is 3. The van der Waals surface area contributed by atoms with Crippen LogP contribution >= 0.6 is 0 Å². The third-order valence-electron chi connectivity index (χ3n) is 1.91. The molecule has 6 nitrogen and oxygen atoms in total. The molecule has 0 aromatic carbocycles. The highest BCUT2D eigenvalue weighted by atomic mass is 16.1. The van der Waals surface area contributed by atoms with Crippen LogP contribution in [0.4, 0.5) is 0 Å². The average Bonchev–Trinajstić information content (AvgIpc) is 2.58. The molecule has 15 heavy (non-hydrogen) atoms. The highest BCUT2D eigenvalue weighted by Gasteiger charge is 2.02. The molecule has 0 aliphatic rings. The third-order valence-corrected chi connectivity index (χ3v) is 1.91. The smallest absolute Gasteiger partial charge is 0.264 e.